The molecule has 0 amide bonds. The number of nitrogens with two attached hydrogens (primary N) is 1. The second-order valence-electron chi connectivity index (χ2n) is 4.51. The molecular weight excluding hydrogens is 256 g/mol. The van der Waals surface area contributed by atoms with Gasteiger partial charge in [-0.25, -0.2) is 8.42 Å². The summed E-state index contributed by atoms with van der Waals surface area (Å²) in [4.78, 5) is 4.67. The highest BCUT2D eigenvalue weighted by molar-refractivity contribution is 7.91. The molecule has 1 aromatic heterocycles. The number of nitrogens with zero attached hydrogens (tertiary/aromatic N) is 1. The van der Waals surface area contributed by atoms with Gasteiger partial charge in [0.25, 0.3) is 0 Å². The van der Waals surface area contributed by atoms with Crippen molar-refractivity contribution >= 4 is 21.2 Å². The van der Waals surface area contributed by atoms with Gasteiger partial charge in [-0.05, 0) is 19.1 Å². The fraction of sp³-hybridized carbons (Fsp3) is 0.636. The zero-order valence-corrected chi connectivity index (χ0v) is 11.6. The first kappa shape index (κ1) is 13.0. The quantitative estimate of drug-likeness (QED) is 0.886. The summed E-state index contributed by atoms with van der Waals surface area (Å²) in [7, 11) is -2.81. The Morgan fingerprint density at radius 3 is 2.76 bits per heavy atom. The minimum atomic E-state index is -2.81. The van der Waals surface area contributed by atoms with Crippen LogP contribution >= 0.6 is 11.3 Å². The molecule has 6 heteroatoms. The molecule has 1 atom stereocenters. The lowest BCUT2D eigenvalue weighted by molar-refractivity contribution is 0.220. The summed E-state index contributed by atoms with van der Waals surface area (Å²) in [6, 6.07) is 4.24. The number of thiophene rings is 1. The first-order chi connectivity index (χ1) is 8.00. The van der Waals surface area contributed by atoms with Crippen molar-refractivity contribution in [1.29, 1.82) is 0 Å². The van der Waals surface area contributed by atoms with Crippen LogP contribution in [0, 0.1) is 0 Å². The topological polar surface area (TPSA) is 63.4 Å². The van der Waals surface area contributed by atoms with Crippen molar-refractivity contribution in [1.82, 2.24) is 4.90 Å². The second kappa shape index (κ2) is 5.06. The van der Waals surface area contributed by atoms with Crippen LogP contribution in [-0.2, 0) is 22.9 Å². The molecule has 96 valence electrons. The minimum absolute atomic E-state index is 0.108. The minimum Gasteiger partial charge on any atom is -0.326 e. The average Bonchev–Trinajstić information content (AvgIpc) is 2.69. The first-order valence-electron chi connectivity index (χ1n) is 5.72. The maximum Gasteiger partial charge on any atom is 0.153 e. The molecule has 1 unspecified atom stereocenters. The Morgan fingerprint density at radius 1 is 1.47 bits per heavy atom. The van der Waals surface area contributed by atoms with Crippen LogP contribution in [-0.4, -0.2) is 37.4 Å². The molecule has 1 aliphatic heterocycles. The summed E-state index contributed by atoms with van der Waals surface area (Å²) in [5.41, 5.74) is 5.58. The summed E-state index contributed by atoms with van der Waals surface area (Å²) in [6.07, 6.45) is 0. The van der Waals surface area contributed by atoms with Crippen LogP contribution < -0.4 is 5.73 Å². The van der Waals surface area contributed by atoms with Crippen LogP contribution in [0.2, 0.25) is 0 Å². The van der Waals surface area contributed by atoms with Gasteiger partial charge < -0.3 is 5.73 Å². The molecule has 0 aromatic carbocycles. The summed E-state index contributed by atoms with van der Waals surface area (Å²) in [6.45, 7) is 4.03. The molecule has 1 fully saturated rings. The Balaban J connectivity index is 2.00. The number of hydrogen-bond acceptors (Lipinski definition) is 5. The maximum atomic E-state index is 11.5. The van der Waals surface area contributed by atoms with E-state index < -0.39 is 9.84 Å². The van der Waals surface area contributed by atoms with Gasteiger partial charge in [0.05, 0.1) is 11.5 Å². The highest BCUT2D eigenvalue weighted by Gasteiger charge is 2.28. The van der Waals surface area contributed by atoms with Crippen LogP contribution in [0.4, 0.5) is 0 Å². The van der Waals surface area contributed by atoms with Crippen molar-refractivity contribution in [3.05, 3.63) is 21.9 Å². The van der Waals surface area contributed by atoms with Crippen molar-refractivity contribution < 1.29 is 8.42 Å². The van der Waals surface area contributed by atoms with Crippen LogP contribution in [0.25, 0.3) is 0 Å². The molecule has 1 aliphatic rings. The fourth-order valence-electron chi connectivity index (χ4n) is 2.09. The summed E-state index contributed by atoms with van der Waals surface area (Å²) >= 11 is 1.71. The van der Waals surface area contributed by atoms with Gasteiger partial charge in [0, 0.05) is 35.4 Å². The molecule has 0 spiro atoms. The van der Waals surface area contributed by atoms with Gasteiger partial charge in [-0.15, -0.1) is 11.3 Å². The van der Waals surface area contributed by atoms with Crippen LogP contribution in [0.1, 0.15) is 16.7 Å². The Labute approximate surface area is 106 Å². The standard InChI is InChI=1S/C11H18N2O2S2/c1-9-8-17(14,15)5-4-13(9)7-11-3-2-10(6-12)16-11/h2-3,9H,4-8,12H2,1H3. The third-order valence-electron chi connectivity index (χ3n) is 3.09. The van der Waals surface area contributed by atoms with E-state index in [2.05, 4.69) is 11.0 Å². The van der Waals surface area contributed by atoms with Crippen molar-refractivity contribution in [2.75, 3.05) is 18.1 Å². The lowest BCUT2D eigenvalue weighted by atomic mass is 10.3. The zero-order chi connectivity index (χ0) is 12.5. The van der Waals surface area contributed by atoms with Crippen LogP contribution in [0.3, 0.4) is 0 Å². The predicted octanol–water partition coefficient (Wildman–Crippen LogP) is 0.826. The Hall–Kier alpha value is -0.430. The predicted molar refractivity (Wildman–Crippen MR) is 70.7 cm³/mol. The Morgan fingerprint density at radius 2 is 2.18 bits per heavy atom. The molecule has 4 nitrogen and oxygen atoms in total. The van der Waals surface area contributed by atoms with Crippen molar-refractivity contribution in [2.24, 2.45) is 5.73 Å². The van der Waals surface area contributed by atoms with E-state index in [1.165, 1.54) is 9.75 Å². The molecular formula is C11H18N2O2S2. The van der Waals surface area contributed by atoms with E-state index in [4.69, 9.17) is 5.73 Å². The summed E-state index contributed by atoms with van der Waals surface area (Å²) < 4.78 is 22.9. The molecule has 2 rings (SSSR count). The van der Waals surface area contributed by atoms with Crippen molar-refractivity contribution in [3.8, 4) is 0 Å². The summed E-state index contributed by atoms with van der Waals surface area (Å²) in [5.74, 6) is 0.564. The molecule has 1 aromatic rings. The van der Waals surface area contributed by atoms with Gasteiger partial charge in [-0.3, -0.25) is 4.90 Å². The molecule has 2 N–H and O–H groups in total. The maximum absolute atomic E-state index is 11.5. The SMILES string of the molecule is CC1CS(=O)(=O)CCN1Cc1ccc(CN)s1. The molecule has 17 heavy (non-hydrogen) atoms. The van der Waals surface area contributed by atoms with E-state index >= 15 is 0 Å². The Kier molecular flexibility index (Phi) is 3.87. The molecule has 0 aliphatic carbocycles. The van der Waals surface area contributed by atoms with E-state index in [-0.39, 0.29) is 17.5 Å². The van der Waals surface area contributed by atoms with E-state index in [1.807, 2.05) is 13.0 Å². The largest absolute Gasteiger partial charge is 0.326 e. The van der Waals surface area contributed by atoms with E-state index in [0.717, 1.165) is 6.54 Å². The molecule has 0 radical (unpaired) electrons. The van der Waals surface area contributed by atoms with Crippen LogP contribution in [0.15, 0.2) is 12.1 Å². The normalized spacial score (nSPS) is 24.9. The molecule has 2 heterocycles. The number of rotatable bonds is 3. The van der Waals surface area contributed by atoms with Gasteiger partial charge in [0.15, 0.2) is 9.84 Å². The lowest BCUT2D eigenvalue weighted by Crippen LogP contribution is -2.46. The van der Waals surface area contributed by atoms with Crippen molar-refractivity contribution in [3.63, 3.8) is 0 Å². The monoisotopic (exact) mass is 274 g/mol. The third-order valence-corrected chi connectivity index (χ3v) is 5.97. The number of hydrogen-bond donors (Lipinski definition) is 1. The van der Waals surface area contributed by atoms with Gasteiger partial charge in [-0.1, -0.05) is 0 Å². The third kappa shape index (κ3) is 3.28. The van der Waals surface area contributed by atoms with Gasteiger partial charge in [0.1, 0.15) is 0 Å². The lowest BCUT2D eigenvalue weighted by Gasteiger charge is -2.32. The second-order valence-corrected chi connectivity index (χ2v) is 7.99. The highest BCUT2D eigenvalue weighted by Crippen LogP contribution is 2.21. The first-order valence-corrected chi connectivity index (χ1v) is 8.36. The smallest absolute Gasteiger partial charge is 0.153 e. The van der Waals surface area contributed by atoms with Gasteiger partial charge >= 0.3 is 0 Å². The number of sulfone groups is 1. The Bertz CT molecular complexity index is 481. The molecule has 0 bridgehead atoms. The van der Waals surface area contributed by atoms with E-state index in [9.17, 15) is 8.42 Å². The van der Waals surface area contributed by atoms with E-state index in [0.29, 0.717) is 13.1 Å². The zero-order valence-electron chi connectivity index (χ0n) is 9.93. The van der Waals surface area contributed by atoms with Gasteiger partial charge in [0.2, 0.25) is 0 Å². The fourth-order valence-corrected chi connectivity index (χ4v) is 4.63. The average molecular weight is 274 g/mol. The highest BCUT2D eigenvalue weighted by atomic mass is 32.2. The summed E-state index contributed by atoms with van der Waals surface area (Å²) in [5, 5.41) is 0. The molecule has 0 saturated carbocycles. The van der Waals surface area contributed by atoms with E-state index in [1.54, 1.807) is 11.3 Å². The van der Waals surface area contributed by atoms with Crippen LogP contribution in [0.5, 0.6) is 0 Å². The van der Waals surface area contributed by atoms with Gasteiger partial charge in [-0.2, -0.15) is 0 Å². The molecule has 1 saturated heterocycles. The van der Waals surface area contributed by atoms with Crippen molar-refractivity contribution in [2.45, 2.75) is 26.1 Å².